The quantitative estimate of drug-likeness (QED) is 0.676. The molecule has 0 aliphatic rings. The molecule has 1 N–H and O–H groups in total. The number of hydrogen-bond donors (Lipinski definition) is 1. The maximum atomic E-state index is 5.72. The molecule has 1 aromatic heterocycles. The van der Waals surface area contributed by atoms with E-state index in [1.165, 1.54) is 0 Å². The molecule has 0 radical (unpaired) electrons. The highest BCUT2D eigenvalue weighted by Gasteiger charge is 2.03. The van der Waals surface area contributed by atoms with Crippen molar-refractivity contribution in [1.82, 2.24) is 9.97 Å². The fraction of sp³-hybridized carbons (Fsp3) is 0. The molecule has 15 heavy (non-hydrogen) atoms. The van der Waals surface area contributed by atoms with Gasteiger partial charge in [0.15, 0.2) is 0 Å². The van der Waals surface area contributed by atoms with Crippen LogP contribution in [0.3, 0.4) is 0 Å². The van der Waals surface area contributed by atoms with Crippen LogP contribution in [0.25, 0.3) is 0 Å². The van der Waals surface area contributed by atoms with E-state index in [-0.39, 0.29) is 5.28 Å². The zero-order valence-electron chi connectivity index (χ0n) is 7.61. The molecule has 76 valence electrons. The van der Waals surface area contributed by atoms with Crippen molar-refractivity contribution in [2.45, 2.75) is 0 Å². The van der Waals surface area contributed by atoms with E-state index < -0.39 is 0 Å². The number of halogens is 2. The van der Waals surface area contributed by atoms with Crippen molar-refractivity contribution in [3.8, 4) is 0 Å². The van der Waals surface area contributed by atoms with Crippen molar-refractivity contribution in [1.29, 1.82) is 0 Å². The summed E-state index contributed by atoms with van der Waals surface area (Å²) in [4.78, 5) is 7.99. The van der Waals surface area contributed by atoms with Crippen LogP contribution in [0.1, 0.15) is 0 Å². The molecular formula is C10H7ClIN3. The first-order valence-corrected chi connectivity index (χ1v) is 5.71. The lowest BCUT2D eigenvalue weighted by Gasteiger charge is -2.06. The first kappa shape index (κ1) is 10.6. The number of nitrogens with zero attached hydrogens (tertiary/aromatic N) is 2. The third-order valence-corrected chi connectivity index (χ3v) is 2.72. The summed E-state index contributed by atoms with van der Waals surface area (Å²) in [5, 5.41) is 3.41. The van der Waals surface area contributed by atoms with Crippen molar-refractivity contribution in [3.63, 3.8) is 0 Å². The monoisotopic (exact) mass is 331 g/mol. The van der Waals surface area contributed by atoms with Crippen LogP contribution in [0.2, 0.25) is 5.28 Å². The van der Waals surface area contributed by atoms with Gasteiger partial charge in [-0.25, -0.2) is 4.98 Å². The molecule has 5 heteroatoms. The summed E-state index contributed by atoms with van der Waals surface area (Å²) in [6, 6.07) is 9.80. The Morgan fingerprint density at radius 1 is 1.20 bits per heavy atom. The van der Waals surface area contributed by atoms with Crippen molar-refractivity contribution in [2.75, 3.05) is 5.32 Å². The molecule has 1 heterocycles. The molecule has 0 saturated heterocycles. The molecule has 0 aliphatic carbocycles. The first-order chi connectivity index (χ1) is 7.25. The zero-order valence-corrected chi connectivity index (χ0v) is 10.5. The fourth-order valence-electron chi connectivity index (χ4n) is 1.09. The smallest absolute Gasteiger partial charge is 0.224 e. The fourth-order valence-corrected chi connectivity index (χ4v) is 1.62. The second-order valence-corrected chi connectivity index (χ2v) is 4.33. The molecule has 3 nitrogen and oxygen atoms in total. The number of benzene rings is 1. The topological polar surface area (TPSA) is 37.8 Å². The number of aromatic nitrogens is 2. The summed E-state index contributed by atoms with van der Waals surface area (Å²) in [6.07, 6.45) is 1.68. The molecule has 0 amide bonds. The number of rotatable bonds is 2. The maximum Gasteiger partial charge on any atom is 0.224 e. The highest BCUT2D eigenvalue weighted by Crippen LogP contribution is 2.20. The predicted octanol–water partition coefficient (Wildman–Crippen LogP) is 3.48. The molecule has 1 aromatic carbocycles. The standard InChI is InChI=1S/C10H7ClIN3/c11-10-13-6-8(12)9(15-10)14-7-4-2-1-3-5-7/h1-6H,(H,13,14,15). The van der Waals surface area contributed by atoms with Crippen LogP contribution in [0, 0.1) is 3.57 Å². The highest BCUT2D eigenvalue weighted by molar-refractivity contribution is 14.1. The molecule has 2 aromatic rings. The Labute approximate surface area is 106 Å². The van der Waals surface area contributed by atoms with E-state index in [2.05, 4.69) is 37.9 Å². The third-order valence-electron chi connectivity index (χ3n) is 1.75. The van der Waals surface area contributed by atoms with Crippen LogP contribution in [-0.2, 0) is 0 Å². The minimum absolute atomic E-state index is 0.244. The minimum Gasteiger partial charge on any atom is -0.339 e. The van der Waals surface area contributed by atoms with Crippen molar-refractivity contribution < 1.29 is 0 Å². The molecule has 0 atom stereocenters. The second-order valence-electron chi connectivity index (χ2n) is 2.83. The van der Waals surface area contributed by atoms with Crippen LogP contribution in [-0.4, -0.2) is 9.97 Å². The summed E-state index contributed by atoms with van der Waals surface area (Å²) < 4.78 is 0.931. The molecule has 2 rings (SSSR count). The van der Waals surface area contributed by atoms with Crippen molar-refractivity contribution in [2.24, 2.45) is 0 Å². The number of para-hydroxylation sites is 1. The average molecular weight is 332 g/mol. The number of nitrogens with one attached hydrogen (secondary N) is 1. The molecule has 0 bridgehead atoms. The van der Waals surface area contributed by atoms with Gasteiger partial charge in [0.05, 0.1) is 3.57 Å². The van der Waals surface area contributed by atoms with E-state index in [1.54, 1.807) is 6.20 Å². The molecular weight excluding hydrogens is 324 g/mol. The summed E-state index contributed by atoms with van der Waals surface area (Å²) in [5.74, 6) is 0.724. The highest BCUT2D eigenvalue weighted by atomic mass is 127. The van der Waals surface area contributed by atoms with Gasteiger partial charge in [-0.3, -0.25) is 0 Å². The van der Waals surface area contributed by atoms with Gasteiger partial charge in [-0.15, -0.1) is 0 Å². The Bertz CT molecular complexity index is 461. The Morgan fingerprint density at radius 2 is 1.93 bits per heavy atom. The lowest BCUT2D eigenvalue weighted by Crippen LogP contribution is -1.97. The van der Waals surface area contributed by atoms with E-state index in [0.29, 0.717) is 0 Å². The number of hydrogen-bond acceptors (Lipinski definition) is 3. The van der Waals surface area contributed by atoms with E-state index in [9.17, 15) is 0 Å². The van der Waals surface area contributed by atoms with Crippen LogP contribution >= 0.6 is 34.2 Å². The van der Waals surface area contributed by atoms with Crippen molar-refractivity contribution in [3.05, 3.63) is 45.4 Å². The van der Waals surface area contributed by atoms with E-state index >= 15 is 0 Å². The first-order valence-electron chi connectivity index (χ1n) is 4.26. The van der Waals surface area contributed by atoms with Gasteiger partial charge in [0.25, 0.3) is 0 Å². The second kappa shape index (κ2) is 4.76. The van der Waals surface area contributed by atoms with Gasteiger partial charge >= 0.3 is 0 Å². The maximum absolute atomic E-state index is 5.72. The Morgan fingerprint density at radius 3 is 2.67 bits per heavy atom. The third kappa shape index (κ3) is 2.79. The van der Waals surface area contributed by atoms with Crippen LogP contribution in [0.5, 0.6) is 0 Å². The molecule has 0 saturated carbocycles. The summed E-state index contributed by atoms with van der Waals surface area (Å²) in [7, 11) is 0. The largest absolute Gasteiger partial charge is 0.339 e. The van der Waals surface area contributed by atoms with E-state index in [0.717, 1.165) is 15.1 Å². The number of anilines is 2. The average Bonchev–Trinajstić information content (AvgIpc) is 2.25. The summed E-state index contributed by atoms with van der Waals surface area (Å²) in [6.45, 7) is 0. The van der Waals surface area contributed by atoms with Crippen LogP contribution in [0.15, 0.2) is 36.5 Å². The van der Waals surface area contributed by atoms with Crippen LogP contribution < -0.4 is 5.32 Å². The lowest BCUT2D eigenvalue weighted by molar-refractivity contribution is 1.15. The molecule has 0 spiro atoms. The zero-order chi connectivity index (χ0) is 10.7. The Kier molecular flexibility index (Phi) is 3.37. The van der Waals surface area contributed by atoms with Gasteiger partial charge in [-0.1, -0.05) is 18.2 Å². The summed E-state index contributed by atoms with van der Waals surface area (Å²) in [5.41, 5.74) is 0.977. The van der Waals surface area contributed by atoms with E-state index in [1.807, 2.05) is 30.3 Å². The summed E-state index contributed by atoms with van der Waals surface area (Å²) >= 11 is 7.88. The normalized spacial score (nSPS) is 10.0. The van der Waals surface area contributed by atoms with Gasteiger partial charge in [-0.05, 0) is 46.3 Å². The van der Waals surface area contributed by atoms with Crippen molar-refractivity contribution >= 4 is 45.7 Å². The van der Waals surface area contributed by atoms with E-state index in [4.69, 9.17) is 11.6 Å². The van der Waals surface area contributed by atoms with Gasteiger partial charge < -0.3 is 5.32 Å². The predicted molar refractivity (Wildman–Crippen MR) is 69.5 cm³/mol. The Balaban J connectivity index is 2.28. The SMILES string of the molecule is Clc1ncc(I)c(Nc2ccccc2)n1. The van der Waals surface area contributed by atoms with Gasteiger partial charge in [-0.2, -0.15) is 4.98 Å². The molecule has 0 fully saturated rings. The lowest BCUT2D eigenvalue weighted by atomic mass is 10.3. The van der Waals surface area contributed by atoms with Crippen LogP contribution in [0.4, 0.5) is 11.5 Å². The van der Waals surface area contributed by atoms with Gasteiger partial charge in [0.2, 0.25) is 5.28 Å². The Hall–Kier alpha value is -0.880. The molecule has 0 unspecified atom stereocenters. The molecule has 0 aliphatic heterocycles. The van der Waals surface area contributed by atoms with Gasteiger partial charge in [0, 0.05) is 11.9 Å². The van der Waals surface area contributed by atoms with Gasteiger partial charge in [0.1, 0.15) is 5.82 Å². The minimum atomic E-state index is 0.244.